The topological polar surface area (TPSA) is 76.1 Å². The van der Waals surface area contributed by atoms with Crippen molar-refractivity contribution in [3.63, 3.8) is 0 Å². The van der Waals surface area contributed by atoms with Gasteiger partial charge in [0.1, 0.15) is 5.60 Å². The Labute approximate surface area is 120 Å². The summed E-state index contributed by atoms with van der Waals surface area (Å²) in [7, 11) is 0. The van der Waals surface area contributed by atoms with Crippen LogP contribution in [-0.4, -0.2) is 54.0 Å². The zero-order chi connectivity index (χ0) is 15.4. The average Bonchev–Trinajstić information content (AvgIpc) is 2.73. The van der Waals surface area contributed by atoms with Crippen LogP contribution in [0.2, 0.25) is 0 Å². The summed E-state index contributed by atoms with van der Waals surface area (Å²) in [4.78, 5) is 25.0. The van der Waals surface area contributed by atoms with Crippen LogP contribution in [0.1, 0.15) is 40.5 Å². The summed E-state index contributed by atoms with van der Waals surface area (Å²) in [6, 6.07) is 0. The molecule has 0 saturated carbocycles. The Bertz CT molecular complexity index is 363. The molecule has 116 valence electrons. The minimum atomic E-state index is -0.911. The van der Waals surface area contributed by atoms with Gasteiger partial charge in [-0.15, -0.1) is 0 Å². The zero-order valence-corrected chi connectivity index (χ0v) is 12.8. The fourth-order valence-corrected chi connectivity index (χ4v) is 2.25. The molecular formula is C14H25NO5. The zero-order valence-electron chi connectivity index (χ0n) is 12.8. The number of carboxylic acid groups (broad SMARTS) is 1. The molecule has 1 atom stereocenters. The third-order valence-electron chi connectivity index (χ3n) is 3.39. The maximum absolute atomic E-state index is 12.0. The first-order valence-corrected chi connectivity index (χ1v) is 6.99. The van der Waals surface area contributed by atoms with Crippen LogP contribution in [0.15, 0.2) is 0 Å². The Balaban J connectivity index is 2.65. The highest BCUT2D eigenvalue weighted by Gasteiger charge is 2.46. The van der Waals surface area contributed by atoms with E-state index in [-0.39, 0.29) is 6.54 Å². The molecule has 0 aromatic heterocycles. The lowest BCUT2D eigenvalue weighted by atomic mass is 9.84. The van der Waals surface area contributed by atoms with Crippen molar-refractivity contribution in [2.45, 2.75) is 46.1 Å². The van der Waals surface area contributed by atoms with E-state index in [1.54, 1.807) is 20.8 Å². The quantitative estimate of drug-likeness (QED) is 0.784. The largest absolute Gasteiger partial charge is 0.481 e. The van der Waals surface area contributed by atoms with Crippen molar-refractivity contribution in [1.29, 1.82) is 0 Å². The summed E-state index contributed by atoms with van der Waals surface area (Å²) >= 11 is 0. The molecule has 0 aromatic rings. The van der Waals surface area contributed by atoms with E-state index in [1.165, 1.54) is 4.90 Å². The number of carbonyl (C=O) groups is 2. The molecule has 0 radical (unpaired) electrons. The number of aliphatic carboxylic acids is 1. The van der Waals surface area contributed by atoms with Crippen LogP contribution < -0.4 is 0 Å². The van der Waals surface area contributed by atoms with Crippen molar-refractivity contribution in [1.82, 2.24) is 4.90 Å². The fraction of sp³-hybridized carbons (Fsp3) is 0.857. The van der Waals surface area contributed by atoms with Gasteiger partial charge in [0.25, 0.3) is 0 Å². The first-order valence-electron chi connectivity index (χ1n) is 6.99. The molecular weight excluding hydrogens is 262 g/mol. The predicted molar refractivity (Wildman–Crippen MR) is 73.6 cm³/mol. The molecule has 0 aliphatic carbocycles. The number of ether oxygens (including phenoxy) is 2. The smallest absolute Gasteiger partial charge is 0.410 e. The molecule has 1 amide bonds. The van der Waals surface area contributed by atoms with Gasteiger partial charge in [0.05, 0.1) is 5.41 Å². The molecule has 6 nitrogen and oxygen atoms in total. The van der Waals surface area contributed by atoms with E-state index in [2.05, 4.69) is 0 Å². The molecule has 6 heteroatoms. The van der Waals surface area contributed by atoms with Crippen LogP contribution >= 0.6 is 0 Å². The average molecular weight is 287 g/mol. The Hall–Kier alpha value is -1.30. The normalized spacial score (nSPS) is 22.9. The molecule has 0 spiro atoms. The first-order chi connectivity index (χ1) is 9.20. The molecule has 1 N–H and O–H groups in total. The lowest BCUT2D eigenvalue weighted by Crippen LogP contribution is -2.40. The van der Waals surface area contributed by atoms with Crippen molar-refractivity contribution < 1.29 is 24.2 Å². The van der Waals surface area contributed by atoms with E-state index >= 15 is 0 Å². The van der Waals surface area contributed by atoms with Crippen LogP contribution in [-0.2, 0) is 14.3 Å². The highest BCUT2D eigenvalue weighted by atomic mass is 16.6. The van der Waals surface area contributed by atoms with Crippen LogP contribution in [0, 0.1) is 5.41 Å². The number of rotatable bonds is 5. The van der Waals surface area contributed by atoms with Gasteiger partial charge >= 0.3 is 12.1 Å². The number of carboxylic acids is 1. The number of hydrogen-bond acceptors (Lipinski definition) is 4. The summed E-state index contributed by atoms with van der Waals surface area (Å²) < 4.78 is 10.5. The Morgan fingerprint density at radius 3 is 2.50 bits per heavy atom. The molecule has 0 bridgehead atoms. The van der Waals surface area contributed by atoms with Gasteiger partial charge in [-0.3, -0.25) is 4.79 Å². The van der Waals surface area contributed by atoms with Crippen molar-refractivity contribution in [2.24, 2.45) is 5.41 Å². The third-order valence-corrected chi connectivity index (χ3v) is 3.39. The number of hydrogen-bond donors (Lipinski definition) is 1. The molecule has 1 saturated heterocycles. The van der Waals surface area contributed by atoms with Crippen LogP contribution in [0.25, 0.3) is 0 Å². The summed E-state index contributed by atoms with van der Waals surface area (Å²) in [6.07, 6.45) is 0.404. The molecule has 20 heavy (non-hydrogen) atoms. The van der Waals surface area contributed by atoms with Crippen LogP contribution in [0.4, 0.5) is 4.79 Å². The fourth-order valence-electron chi connectivity index (χ4n) is 2.25. The lowest BCUT2D eigenvalue weighted by Gasteiger charge is -2.27. The van der Waals surface area contributed by atoms with Gasteiger partial charge < -0.3 is 19.5 Å². The standard InChI is InChI=1S/C14H25NO5/c1-5-19-9-7-14(11(16)17)6-8-15(10-14)12(18)20-13(2,3)4/h5-10H2,1-4H3,(H,16,17). The van der Waals surface area contributed by atoms with E-state index in [0.29, 0.717) is 32.6 Å². The van der Waals surface area contributed by atoms with Crippen molar-refractivity contribution in [2.75, 3.05) is 26.3 Å². The van der Waals surface area contributed by atoms with Crippen molar-refractivity contribution >= 4 is 12.1 Å². The number of nitrogens with zero attached hydrogens (tertiary/aromatic N) is 1. The highest BCUT2D eigenvalue weighted by molar-refractivity contribution is 5.78. The Morgan fingerprint density at radius 1 is 1.35 bits per heavy atom. The van der Waals surface area contributed by atoms with Gasteiger partial charge in [0, 0.05) is 26.3 Å². The molecule has 1 rings (SSSR count). The maximum Gasteiger partial charge on any atom is 0.410 e. The molecule has 1 heterocycles. The third kappa shape index (κ3) is 4.37. The van der Waals surface area contributed by atoms with Gasteiger partial charge in [0.2, 0.25) is 0 Å². The van der Waals surface area contributed by atoms with Gasteiger partial charge in [-0.1, -0.05) is 0 Å². The van der Waals surface area contributed by atoms with Gasteiger partial charge in [-0.25, -0.2) is 4.79 Å². The summed E-state index contributed by atoms with van der Waals surface area (Å²) in [5.74, 6) is -0.872. The van der Waals surface area contributed by atoms with E-state index in [1.807, 2.05) is 6.92 Å². The number of likely N-dealkylation sites (tertiary alicyclic amines) is 1. The molecule has 0 aromatic carbocycles. The number of carbonyl (C=O) groups excluding carboxylic acids is 1. The molecule has 1 unspecified atom stereocenters. The molecule has 1 fully saturated rings. The minimum Gasteiger partial charge on any atom is -0.481 e. The van der Waals surface area contributed by atoms with Gasteiger partial charge in [0.15, 0.2) is 0 Å². The summed E-state index contributed by atoms with van der Waals surface area (Å²) in [6.45, 7) is 8.80. The first kappa shape index (κ1) is 16.8. The van der Waals surface area contributed by atoms with Gasteiger partial charge in [-0.2, -0.15) is 0 Å². The number of amides is 1. The maximum atomic E-state index is 12.0. The second-order valence-electron chi connectivity index (χ2n) is 6.18. The monoisotopic (exact) mass is 287 g/mol. The van der Waals surface area contributed by atoms with E-state index in [0.717, 1.165) is 0 Å². The van der Waals surface area contributed by atoms with Crippen LogP contribution in [0.5, 0.6) is 0 Å². The second kappa shape index (κ2) is 6.43. The van der Waals surface area contributed by atoms with E-state index in [9.17, 15) is 14.7 Å². The predicted octanol–water partition coefficient (Wildman–Crippen LogP) is 2.12. The van der Waals surface area contributed by atoms with Crippen LogP contribution in [0.3, 0.4) is 0 Å². The highest BCUT2D eigenvalue weighted by Crippen LogP contribution is 2.35. The van der Waals surface area contributed by atoms with Gasteiger partial charge in [-0.05, 0) is 40.5 Å². The molecule has 1 aliphatic rings. The van der Waals surface area contributed by atoms with E-state index in [4.69, 9.17) is 9.47 Å². The SMILES string of the molecule is CCOCCC1(C(=O)O)CCN(C(=O)OC(C)(C)C)C1. The Kier molecular flexibility index (Phi) is 5.39. The summed E-state index contributed by atoms with van der Waals surface area (Å²) in [5.41, 5.74) is -1.48. The molecule has 1 aliphatic heterocycles. The Morgan fingerprint density at radius 2 is 2.00 bits per heavy atom. The second-order valence-corrected chi connectivity index (χ2v) is 6.18. The summed E-state index contributed by atoms with van der Waals surface area (Å²) in [5, 5.41) is 9.46. The lowest BCUT2D eigenvalue weighted by molar-refractivity contribution is -0.149. The van der Waals surface area contributed by atoms with Crippen molar-refractivity contribution in [3.05, 3.63) is 0 Å². The van der Waals surface area contributed by atoms with Crippen molar-refractivity contribution in [3.8, 4) is 0 Å². The minimum absolute atomic E-state index is 0.185. The van der Waals surface area contributed by atoms with E-state index < -0.39 is 23.1 Å².